The fourth-order valence-corrected chi connectivity index (χ4v) is 1.92. The third-order valence-electron chi connectivity index (χ3n) is 2.88. The second-order valence-electron chi connectivity index (χ2n) is 5.24. The number of rotatable bonds is 6. The normalized spacial score (nSPS) is 17.6. The first-order chi connectivity index (χ1) is 7.41. The maximum absolute atomic E-state index is 11.9. The Bertz CT molecular complexity index is 264. The van der Waals surface area contributed by atoms with Crippen LogP contribution in [0.1, 0.15) is 47.0 Å². The third-order valence-corrected chi connectivity index (χ3v) is 2.88. The minimum atomic E-state index is -0.235. The molecule has 0 amide bonds. The van der Waals surface area contributed by atoms with E-state index in [2.05, 4.69) is 0 Å². The van der Waals surface area contributed by atoms with E-state index < -0.39 is 0 Å². The second kappa shape index (κ2) is 5.46. The van der Waals surface area contributed by atoms with Crippen LogP contribution in [0, 0.1) is 17.8 Å². The maximum Gasteiger partial charge on any atom is 0.306 e. The summed E-state index contributed by atoms with van der Waals surface area (Å²) in [6.45, 7) is 7.44. The Kier molecular flexibility index (Phi) is 4.51. The number of esters is 1. The Morgan fingerprint density at radius 3 is 2.12 bits per heavy atom. The summed E-state index contributed by atoms with van der Waals surface area (Å²) in [5.41, 5.74) is 0. The fourth-order valence-electron chi connectivity index (χ4n) is 1.92. The van der Waals surface area contributed by atoms with Gasteiger partial charge in [-0.1, -0.05) is 13.8 Å². The van der Waals surface area contributed by atoms with Crippen LogP contribution in [0.2, 0.25) is 0 Å². The van der Waals surface area contributed by atoms with Crippen LogP contribution in [0.3, 0.4) is 0 Å². The molecule has 1 aliphatic carbocycles. The molecule has 0 bridgehead atoms. The zero-order valence-corrected chi connectivity index (χ0v) is 10.7. The molecule has 1 saturated carbocycles. The fraction of sp³-hybridized carbons (Fsp3) is 0.846. The molecule has 0 N–H and O–H groups in total. The third kappa shape index (κ3) is 3.95. The lowest BCUT2D eigenvalue weighted by Crippen LogP contribution is -2.26. The van der Waals surface area contributed by atoms with Gasteiger partial charge in [-0.3, -0.25) is 9.59 Å². The number of hydrogen-bond acceptors (Lipinski definition) is 3. The van der Waals surface area contributed by atoms with Crippen LogP contribution in [-0.4, -0.2) is 17.9 Å². The minimum Gasteiger partial charge on any atom is -0.463 e. The maximum atomic E-state index is 11.9. The molecule has 0 aromatic carbocycles. The summed E-state index contributed by atoms with van der Waals surface area (Å²) in [5.74, 6) is 0.308. The number of hydrogen-bond donors (Lipinski definition) is 0. The number of ketones is 1. The molecular formula is C13H22O3. The Morgan fingerprint density at radius 1 is 1.19 bits per heavy atom. The molecule has 1 rings (SSSR count). The van der Waals surface area contributed by atoms with E-state index >= 15 is 0 Å². The van der Waals surface area contributed by atoms with Gasteiger partial charge < -0.3 is 4.74 Å². The van der Waals surface area contributed by atoms with Gasteiger partial charge in [-0.15, -0.1) is 0 Å². The van der Waals surface area contributed by atoms with Crippen LogP contribution in [-0.2, 0) is 14.3 Å². The van der Waals surface area contributed by atoms with E-state index in [1.54, 1.807) is 0 Å². The second-order valence-corrected chi connectivity index (χ2v) is 5.24. The SMILES string of the molecule is CC(C)OC(=O)CC(C(=O)C(C)C)C1CC1. The summed E-state index contributed by atoms with van der Waals surface area (Å²) in [5, 5.41) is 0. The predicted molar refractivity (Wildman–Crippen MR) is 61.9 cm³/mol. The van der Waals surface area contributed by atoms with Gasteiger partial charge in [0.1, 0.15) is 5.78 Å². The van der Waals surface area contributed by atoms with E-state index in [0.717, 1.165) is 12.8 Å². The highest BCUT2D eigenvalue weighted by molar-refractivity contribution is 5.87. The van der Waals surface area contributed by atoms with Crippen molar-refractivity contribution < 1.29 is 14.3 Å². The number of carbonyl (C=O) groups excluding carboxylic acids is 2. The van der Waals surface area contributed by atoms with Gasteiger partial charge in [0.05, 0.1) is 12.5 Å². The smallest absolute Gasteiger partial charge is 0.306 e. The minimum absolute atomic E-state index is 0.0115. The van der Waals surface area contributed by atoms with Gasteiger partial charge in [-0.25, -0.2) is 0 Å². The molecule has 0 aliphatic heterocycles. The van der Waals surface area contributed by atoms with Crippen molar-refractivity contribution in [2.75, 3.05) is 0 Å². The largest absolute Gasteiger partial charge is 0.463 e. The highest BCUT2D eigenvalue weighted by Crippen LogP contribution is 2.40. The van der Waals surface area contributed by atoms with Crippen molar-refractivity contribution >= 4 is 11.8 Å². The van der Waals surface area contributed by atoms with Crippen molar-refractivity contribution in [1.29, 1.82) is 0 Å². The molecule has 3 heteroatoms. The van der Waals surface area contributed by atoms with Gasteiger partial charge in [0.25, 0.3) is 0 Å². The van der Waals surface area contributed by atoms with Crippen molar-refractivity contribution in [2.24, 2.45) is 17.8 Å². The van der Waals surface area contributed by atoms with E-state index in [0.29, 0.717) is 5.92 Å². The lowest BCUT2D eigenvalue weighted by molar-refractivity contribution is -0.150. The Hall–Kier alpha value is -0.860. The summed E-state index contributed by atoms with van der Waals surface area (Å²) < 4.78 is 5.10. The van der Waals surface area contributed by atoms with E-state index in [1.807, 2.05) is 27.7 Å². The topological polar surface area (TPSA) is 43.4 Å². The summed E-state index contributed by atoms with van der Waals surface area (Å²) >= 11 is 0. The monoisotopic (exact) mass is 226 g/mol. The molecule has 0 spiro atoms. The van der Waals surface area contributed by atoms with Crippen molar-refractivity contribution in [3.05, 3.63) is 0 Å². The molecule has 1 unspecified atom stereocenters. The highest BCUT2D eigenvalue weighted by atomic mass is 16.5. The van der Waals surface area contributed by atoms with Crippen LogP contribution in [0.25, 0.3) is 0 Å². The lowest BCUT2D eigenvalue weighted by Gasteiger charge is -2.17. The van der Waals surface area contributed by atoms with Gasteiger partial charge in [-0.2, -0.15) is 0 Å². The molecule has 1 atom stereocenters. The molecule has 0 aromatic rings. The van der Waals surface area contributed by atoms with Gasteiger partial charge in [-0.05, 0) is 32.6 Å². The van der Waals surface area contributed by atoms with Crippen LogP contribution in [0.4, 0.5) is 0 Å². The van der Waals surface area contributed by atoms with E-state index in [-0.39, 0.29) is 36.1 Å². The Morgan fingerprint density at radius 2 is 1.75 bits per heavy atom. The summed E-state index contributed by atoms with van der Waals surface area (Å²) in [6, 6.07) is 0. The van der Waals surface area contributed by atoms with Gasteiger partial charge in [0, 0.05) is 11.8 Å². The number of Topliss-reactive ketones (excluding diaryl/α,β-unsaturated/α-hetero) is 1. The Balaban J connectivity index is 2.51. The van der Waals surface area contributed by atoms with Crippen molar-refractivity contribution in [3.63, 3.8) is 0 Å². The molecule has 0 saturated heterocycles. The zero-order valence-electron chi connectivity index (χ0n) is 10.7. The van der Waals surface area contributed by atoms with Crippen LogP contribution in [0.15, 0.2) is 0 Å². The van der Waals surface area contributed by atoms with Gasteiger partial charge in [0.2, 0.25) is 0 Å². The standard InChI is InChI=1S/C13H22O3/c1-8(2)13(15)11(10-5-6-10)7-12(14)16-9(3)4/h8-11H,5-7H2,1-4H3. The molecule has 0 radical (unpaired) electrons. The van der Waals surface area contributed by atoms with E-state index in [1.165, 1.54) is 0 Å². The molecule has 16 heavy (non-hydrogen) atoms. The Labute approximate surface area is 97.5 Å². The summed E-state index contributed by atoms with van der Waals surface area (Å²) in [7, 11) is 0. The van der Waals surface area contributed by atoms with Gasteiger partial charge in [0.15, 0.2) is 0 Å². The van der Waals surface area contributed by atoms with Crippen LogP contribution in [0.5, 0.6) is 0 Å². The first kappa shape index (κ1) is 13.2. The van der Waals surface area contributed by atoms with Crippen molar-refractivity contribution in [2.45, 2.75) is 53.1 Å². The predicted octanol–water partition coefficient (Wildman–Crippen LogP) is 2.58. The summed E-state index contributed by atoms with van der Waals surface area (Å²) in [4.78, 5) is 23.5. The van der Waals surface area contributed by atoms with Crippen LogP contribution < -0.4 is 0 Å². The van der Waals surface area contributed by atoms with E-state index in [4.69, 9.17) is 4.74 Å². The first-order valence-electron chi connectivity index (χ1n) is 6.15. The average Bonchev–Trinajstić information content (AvgIpc) is 2.94. The molecule has 0 heterocycles. The number of carbonyl (C=O) groups is 2. The molecule has 1 fully saturated rings. The van der Waals surface area contributed by atoms with Crippen molar-refractivity contribution in [3.8, 4) is 0 Å². The van der Waals surface area contributed by atoms with Gasteiger partial charge >= 0.3 is 5.97 Å². The lowest BCUT2D eigenvalue weighted by atomic mass is 9.88. The van der Waals surface area contributed by atoms with Crippen molar-refractivity contribution in [1.82, 2.24) is 0 Å². The highest BCUT2D eigenvalue weighted by Gasteiger charge is 2.38. The zero-order chi connectivity index (χ0) is 12.3. The molecule has 92 valence electrons. The number of ether oxygens (including phenoxy) is 1. The molecule has 0 aromatic heterocycles. The summed E-state index contributed by atoms with van der Waals surface area (Å²) in [6.07, 6.45) is 2.33. The first-order valence-corrected chi connectivity index (χ1v) is 6.15. The quantitative estimate of drug-likeness (QED) is 0.654. The molecule has 1 aliphatic rings. The van der Waals surface area contributed by atoms with Crippen LogP contribution >= 0.6 is 0 Å². The van der Waals surface area contributed by atoms with E-state index in [9.17, 15) is 9.59 Å². The molecule has 3 nitrogen and oxygen atoms in total. The average molecular weight is 226 g/mol. The molecular weight excluding hydrogens is 204 g/mol.